The molecule has 0 radical (unpaired) electrons. The number of anilines is 1. The van der Waals surface area contributed by atoms with Gasteiger partial charge in [-0.15, -0.1) is 0 Å². The fraction of sp³-hybridized carbons (Fsp3) is 0.533. The predicted molar refractivity (Wildman–Crippen MR) is 76.4 cm³/mol. The highest BCUT2D eigenvalue weighted by Gasteiger charge is 2.20. The lowest BCUT2D eigenvalue weighted by Crippen LogP contribution is -2.34. The normalized spacial score (nSPS) is 11.6. The minimum absolute atomic E-state index is 0.0353. The van der Waals surface area contributed by atoms with E-state index in [1.807, 2.05) is 0 Å². The van der Waals surface area contributed by atoms with Gasteiger partial charge in [0.15, 0.2) is 0 Å². The summed E-state index contributed by atoms with van der Waals surface area (Å²) in [4.78, 5) is 11.9. The van der Waals surface area contributed by atoms with Crippen LogP contribution in [0.2, 0.25) is 0 Å². The molecule has 0 saturated carbocycles. The van der Waals surface area contributed by atoms with Crippen molar-refractivity contribution in [1.29, 1.82) is 0 Å². The first kappa shape index (κ1) is 14.6. The predicted octanol–water partition coefficient (Wildman–Crippen LogP) is 3.07. The number of carbonyl (C=O) groups is 1. The highest BCUT2D eigenvalue weighted by atomic mass is 16.1. The number of hydrogen-bond acceptors (Lipinski definition) is 2. The molecule has 0 aliphatic heterocycles. The second-order valence-electron chi connectivity index (χ2n) is 6.07. The van der Waals surface area contributed by atoms with Crippen molar-refractivity contribution in [3.05, 3.63) is 29.8 Å². The van der Waals surface area contributed by atoms with E-state index < -0.39 is 0 Å². The minimum atomic E-state index is -0.0353. The molecular formula is C15H24N2O. The third-order valence-electron chi connectivity index (χ3n) is 2.86. The van der Waals surface area contributed by atoms with Gasteiger partial charge in [0.1, 0.15) is 0 Å². The van der Waals surface area contributed by atoms with E-state index in [1.165, 1.54) is 0 Å². The van der Waals surface area contributed by atoms with Crippen LogP contribution in [0.1, 0.15) is 44.5 Å². The lowest BCUT2D eigenvalue weighted by atomic mass is 9.84. The zero-order valence-electron chi connectivity index (χ0n) is 11.8. The van der Waals surface area contributed by atoms with Crippen molar-refractivity contribution >= 4 is 11.6 Å². The fourth-order valence-electron chi connectivity index (χ4n) is 2.23. The monoisotopic (exact) mass is 248 g/mol. The van der Waals surface area contributed by atoms with E-state index in [-0.39, 0.29) is 11.3 Å². The van der Waals surface area contributed by atoms with Gasteiger partial charge in [0.05, 0.1) is 0 Å². The molecule has 0 fully saturated rings. The Labute approximate surface area is 110 Å². The van der Waals surface area contributed by atoms with Crippen molar-refractivity contribution in [3.63, 3.8) is 0 Å². The molecule has 0 spiro atoms. The Hall–Kier alpha value is -1.51. The average Bonchev–Trinajstić information content (AvgIpc) is 2.25. The molecule has 0 atom stereocenters. The summed E-state index contributed by atoms with van der Waals surface area (Å²) in [5, 5.41) is 2.98. The van der Waals surface area contributed by atoms with Gasteiger partial charge in [-0.05, 0) is 42.0 Å². The highest BCUT2D eigenvalue weighted by Crippen LogP contribution is 2.24. The van der Waals surface area contributed by atoms with Crippen LogP contribution in [0.5, 0.6) is 0 Å². The summed E-state index contributed by atoms with van der Waals surface area (Å²) in [6.45, 7) is 9.44. The molecule has 3 N–H and O–H groups in total. The minimum Gasteiger partial charge on any atom is -0.399 e. The lowest BCUT2D eigenvalue weighted by molar-refractivity contribution is 0.0931. The van der Waals surface area contributed by atoms with E-state index in [4.69, 9.17) is 5.73 Å². The topological polar surface area (TPSA) is 55.1 Å². The van der Waals surface area contributed by atoms with Crippen molar-refractivity contribution in [1.82, 2.24) is 5.32 Å². The van der Waals surface area contributed by atoms with Crippen LogP contribution in [0.3, 0.4) is 0 Å². The number of carbonyl (C=O) groups excluding carboxylic acids is 1. The quantitative estimate of drug-likeness (QED) is 0.787. The Bertz CT molecular complexity index is 393. The maximum Gasteiger partial charge on any atom is 0.251 e. The maximum atomic E-state index is 11.9. The van der Waals surface area contributed by atoms with Crippen LogP contribution in [-0.2, 0) is 0 Å². The smallest absolute Gasteiger partial charge is 0.251 e. The molecule has 1 amide bonds. The molecule has 1 aromatic carbocycles. The number of hydrogen-bond donors (Lipinski definition) is 2. The van der Waals surface area contributed by atoms with Crippen molar-refractivity contribution < 1.29 is 4.79 Å². The first-order valence-corrected chi connectivity index (χ1v) is 6.44. The fourth-order valence-corrected chi connectivity index (χ4v) is 2.23. The summed E-state index contributed by atoms with van der Waals surface area (Å²) in [5.41, 5.74) is 7.05. The van der Waals surface area contributed by atoms with Gasteiger partial charge in [0.2, 0.25) is 0 Å². The number of rotatable bonds is 5. The molecule has 0 unspecified atom stereocenters. The van der Waals surface area contributed by atoms with Crippen LogP contribution >= 0.6 is 0 Å². The molecule has 0 bridgehead atoms. The Morgan fingerprint density at radius 2 is 1.83 bits per heavy atom. The Morgan fingerprint density at radius 3 is 2.33 bits per heavy atom. The molecule has 1 rings (SSSR count). The zero-order valence-corrected chi connectivity index (χ0v) is 11.8. The molecule has 0 saturated heterocycles. The highest BCUT2D eigenvalue weighted by molar-refractivity contribution is 5.94. The van der Waals surface area contributed by atoms with Crippen LogP contribution in [0.15, 0.2) is 24.3 Å². The molecule has 0 aliphatic carbocycles. The summed E-state index contributed by atoms with van der Waals surface area (Å²) in [5.74, 6) is 0.597. The van der Waals surface area contributed by atoms with Crippen LogP contribution in [0.25, 0.3) is 0 Å². The van der Waals surface area contributed by atoms with E-state index in [2.05, 4.69) is 33.0 Å². The molecule has 3 nitrogen and oxygen atoms in total. The van der Waals surface area contributed by atoms with Crippen LogP contribution < -0.4 is 11.1 Å². The van der Waals surface area contributed by atoms with E-state index in [0.29, 0.717) is 23.7 Å². The molecule has 0 aliphatic rings. The summed E-state index contributed by atoms with van der Waals surface area (Å²) >= 11 is 0. The van der Waals surface area contributed by atoms with E-state index >= 15 is 0 Å². The number of nitrogens with two attached hydrogens (primary N) is 1. The van der Waals surface area contributed by atoms with E-state index in [9.17, 15) is 4.79 Å². The molecular weight excluding hydrogens is 224 g/mol. The van der Waals surface area contributed by atoms with Crippen LogP contribution in [-0.4, -0.2) is 12.5 Å². The van der Waals surface area contributed by atoms with Crippen molar-refractivity contribution in [2.24, 2.45) is 11.3 Å². The summed E-state index contributed by atoms with van der Waals surface area (Å²) in [6, 6.07) is 6.99. The van der Waals surface area contributed by atoms with Gasteiger partial charge >= 0.3 is 0 Å². The summed E-state index contributed by atoms with van der Waals surface area (Å²) in [6.07, 6.45) is 1.09. The second kappa shape index (κ2) is 5.89. The van der Waals surface area contributed by atoms with E-state index in [0.717, 1.165) is 6.42 Å². The summed E-state index contributed by atoms with van der Waals surface area (Å²) in [7, 11) is 0. The van der Waals surface area contributed by atoms with E-state index in [1.54, 1.807) is 24.3 Å². The van der Waals surface area contributed by atoms with Gasteiger partial charge in [0.25, 0.3) is 5.91 Å². The van der Waals surface area contributed by atoms with Gasteiger partial charge in [0, 0.05) is 17.8 Å². The maximum absolute atomic E-state index is 11.9. The third kappa shape index (κ3) is 4.78. The van der Waals surface area contributed by atoms with Crippen molar-refractivity contribution in [2.75, 3.05) is 12.3 Å². The third-order valence-corrected chi connectivity index (χ3v) is 2.86. The second-order valence-corrected chi connectivity index (χ2v) is 6.07. The molecule has 1 aromatic rings. The first-order valence-electron chi connectivity index (χ1n) is 6.44. The molecule has 18 heavy (non-hydrogen) atoms. The number of amides is 1. The largest absolute Gasteiger partial charge is 0.399 e. The Morgan fingerprint density at radius 1 is 1.28 bits per heavy atom. The first-order chi connectivity index (χ1) is 8.30. The number of nitrogens with one attached hydrogen (secondary N) is 1. The van der Waals surface area contributed by atoms with Gasteiger partial charge in [-0.3, -0.25) is 4.79 Å². The van der Waals surface area contributed by atoms with Gasteiger partial charge in [-0.2, -0.15) is 0 Å². The van der Waals surface area contributed by atoms with Crippen molar-refractivity contribution in [3.8, 4) is 0 Å². The van der Waals surface area contributed by atoms with Crippen LogP contribution in [0, 0.1) is 11.3 Å². The summed E-state index contributed by atoms with van der Waals surface area (Å²) < 4.78 is 0. The SMILES string of the molecule is CC(C)CC(C)(C)CNC(=O)c1ccc(N)cc1. The van der Waals surface area contributed by atoms with Crippen LogP contribution in [0.4, 0.5) is 5.69 Å². The van der Waals surface area contributed by atoms with Gasteiger partial charge in [-0.1, -0.05) is 27.7 Å². The molecule has 0 aromatic heterocycles. The molecule has 100 valence electrons. The standard InChI is InChI=1S/C15H24N2O/c1-11(2)9-15(3,4)10-17-14(18)12-5-7-13(16)8-6-12/h5-8,11H,9-10,16H2,1-4H3,(H,17,18). The number of benzene rings is 1. The lowest BCUT2D eigenvalue weighted by Gasteiger charge is -2.27. The Kier molecular flexibility index (Phi) is 4.76. The number of nitrogen functional groups attached to an aromatic ring is 1. The Balaban J connectivity index is 2.53. The van der Waals surface area contributed by atoms with Gasteiger partial charge in [-0.25, -0.2) is 0 Å². The van der Waals surface area contributed by atoms with Crippen molar-refractivity contribution in [2.45, 2.75) is 34.1 Å². The zero-order chi connectivity index (χ0) is 13.8. The average molecular weight is 248 g/mol. The molecule has 0 heterocycles. The molecule has 3 heteroatoms. The van der Waals surface area contributed by atoms with Gasteiger partial charge < -0.3 is 11.1 Å².